The van der Waals surface area contributed by atoms with Crippen LogP contribution in [0.3, 0.4) is 0 Å². The zero-order valence-electron chi connectivity index (χ0n) is 15.6. The summed E-state index contributed by atoms with van der Waals surface area (Å²) in [6.07, 6.45) is 1.24. The molecule has 2 amide bonds. The molecule has 3 rings (SSSR count). The number of anilines is 2. The van der Waals surface area contributed by atoms with Crippen LogP contribution in [0.4, 0.5) is 16.2 Å². The summed E-state index contributed by atoms with van der Waals surface area (Å²) < 4.78 is 4.96. The number of hydrogen-bond donors (Lipinski definition) is 1. The van der Waals surface area contributed by atoms with Gasteiger partial charge in [0.05, 0.1) is 18.7 Å². The number of rotatable bonds is 5. The number of fused-ring (bicyclic) bond motifs is 1. The van der Waals surface area contributed by atoms with Crippen LogP contribution < -0.4 is 10.2 Å². The van der Waals surface area contributed by atoms with Crippen LogP contribution in [-0.2, 0) is 16.0 Å². The molecule has 0 saturated heterocycles. The summed E-state index contributed by atoms with van der Waals surface area (Å²) in [7, 11) is 0. The third-order valence-electron chi connectivity index (χ3n) is 4.40. The maximum Gasteiger partial charge on any atom is 0.326 e. The van der Waals surface area contributed by atoms with Crippen molar-refractivity contribution in [3.8, 4) is 0 Å². The lowest BCUT2D eigenvalue weighted by Gasteiger charge is -2.33. The first kappa shape index (κ1) is 19.3. The molecule has 0 radical (unpaired) electrons. The van der Waals surface area contributed by atoms with E-state index in [2.05, 4.69) is 18.3 Å². The lowest BCUT2D eigenvalue weighted by molar-refractivity contribution is -0.142. The molecule has 6 heteroatoms. The van der Waals surface area contributed by atoms with Crippen LogP contribution in [0.25, 0.3) is 0 Å². The fourth-order valence-corrected chi connectivity index (χ4v) is 4.18. The van der Waals surface area contributed by atoms with E-state index in [4.69, 9.17) is 4.74 Å². The normalized spacial score (nSPS) is 15.8. The Morgan fingerprint density at radius 3 is 2.59 bits per heavy atom. The van der Waals surface area contributed by atoms with Crippen molar-refractivity contribution in [2.45, 2.75) is 36.8 Å². The van der Waals surface area contributed by atoms with Crippen molar-refractivity contribution >= 4 is 35.1 Å². The van der Waals surface area contributed by atoms with Crippen LogP contribution >= 0.6 is 11.8 Å². The molecule has 0 saturated carbocycles. The number of ether oxygens (including phenoxy) is 1. The minimum Gasteiger partial charge on any atom is -0.466 e. The summed E-state index contributed by atoms with van der Waals surface area (Å²) in [5, 5.41) is 3.35. The van der Waals surface area contributed by atoms with Crippen molar-refractivity contribution in [1.82, 2.24) is 0 Å². The molecule has 0 bridgehead atoms. The molecule has 1 atom stereocenters. The Hall–Kier alpha value is -2.47. The van der Waals surface area contributed by atoms with Crippen LogP contribution in [0.1, 0.15) is 25.8 Å². The molecule has 1 aliphatic rings. The van der Waals surface area contributed by atoms with Gasteiger partial charge in [-0.25, -0.2) is 4.79 Å². The lowest BCUT2D eigenvalue weighted by atomic mass is 10.1. The quantitative estimate of drug-likeness (QED) is 0.758. The smallest absolute Gasteiger partial charge is 0.326 e. The van der Waals surface area contributed by atoms with Gasteiger partial charge in [-0.05, 0) is 43.2 Å². The van der Waals surface area contributed by atoms with Crippen molar-refractivity contribution in [3.63, 3.8) is 0 Å². The second-order valence-electron chi connectivity index (χ2n) is 6.34. The van der Waals surface area contributed by atoms with E-state index < -0.39 is 0 Å². The average molecular weight is 385 g/mol. The second kappa shape index (κ2) is 8.95. The van der Waals surface area contributed by atoms with Gasteiger partial charge in [0.15, 0.2) is 0 Å². The monoisotopic (exact) mass is 384 g/mol. The van der Waals surface area contributed by atoms with Gasteiger partial charge in [-0.1, -0.05) is 31.2 Å². The Morgan fingerprint density at radius 2 is 1.89 bits per heavy atom. The SMILES string of the molecule is CCOC(=O)Cc1ccc(NC(=O)N2C[C@H](CC)Sc3ccccc32)cc1. The van der Waals surface area contributed by atoms with E-state index in [0.29, 0.717) is 24.1 Å². The van der Waals surface area contributed by atoms with Gasteiger partial charge in [0.2, 0.25) is 0 Å². The summed E-state index contributed by atoms with van der Waals surface area (Å²) >= 11 is 1.83. The van der Waals surface area contributed by atoms with Crippen LogP contribution in [0.5, 0.6) is 0 Å². The Labute approximate surface area is 164 Å². The zero-order chi connectivity index (χ0) is 19.2. The maximum absolute atomic E-state index is 12.9. The average Bonchev–Trinajstić information content (AvgIpc) is 2.68. The zero-order valence-corrected chi connectivity index (χ0v) is 16.4. The number of hydrogen-bond acceptors (Lipinski definition) is 4. The summed E-state index contributed by atoms with van der Waals surface area (Å²) in [4.78, 5) is 27.4. The third kappa shape index (κ3) is 4.83. The van der Waals surface area contributed by atoms with Gasteiger partial charge in [0.1, 0.15) is 0 Å². The van der Waals surface area contributed by atoms with Gasteiger partial charge >= 0.3 is 12.0 Å². The number of carbonyl (C=O) groups excluding carboxylic acids is 2. The largest absolute Gasteiger partial charge is 0.466 e. The Morgan fingerprint density at radius 1 is 1.15 bits per heavy atom. The van der Waals surface area contributed by atoms with E-state index in [-0.39, 0.29) is 18.4 Å². The first-order valence-corrected chi connectivity index (χ1v) is 10.1. The van der Waals surface area contributed by atoms with Crippen molar-refractivity contribution in [1.29, 1.82) is 0 Å². The van der Waals surface area contributed by atoms with E-state index in [1.165, 1.54) is 0 Å². The second-order valence-corrected chi connectivity index (χ2v) is 7.68. The highest BCUT2D eigenvalue weighted by Gasteiger charge is 2.28. The molecule has 2 aromatic rings. The first-order valence-electron chi connectivity index (χ1n) is 9.19. The highest BCUT2D eigenvalue weighted by Crippen LogP contribution is 2.39. The van der Waals surface area contributed by atoms with Crippen molar-refractivity contribution in [2.24, 2.45) is 0 Å². The van der Waals surface area contributed by atoms with E-state index in [0.717, 1.165) is 22.6 Å². The summed E-state index contributed by atoms with van der Waals surface area (Å²) in [6, 6.07) is 15.2. The molecule has 142 valence electrons. The first-order chi connectivity index (χ1) is 13.1. The molecule has 1 aliphatic heterocycles. The standard InChI is InChI=1S/C21H24N2O3S/c1-3-17-14-23(18-7-5-6-8-19(18)27-17)21(25)22-16-11-9-15(10-12-16)13-20(24)26-4-2/h5-12,17H,3-4,13-14H2,1-2H3,(H,22,25)/t17-/m0/s1. The highest BCUT2D eigenvalue weighted by molar-refractivity contribution is 8.00. The van der Waals surface area contributed by atoms with Crippen molar-refractivity contribution in [3.05, 3.63) is 54.1 Å². The van der Waals surface area contributed by atoms with Crippen molar-refractivity contribution < 1.29 is 14.3 Å². The molecule has 0 unspecified atom stereocenters. The number of benzene rings is 2. The number of thioether (sulfide) groups is 1. The number of esters is 1. The Balaban J connectivity index is 1.69. The van der Waals surface area contributed by atoms with Gasteiger partial charge in [-0.15, -0.1) is 11.8 Å². The molecule has 0 aliphatic carbocycles. The summed E-state index contributed by atoms with van der Waals surface area (Å²) in [5.74, 6) is -0.248. The molecule has 0 spiro atoms. The Kier molecular flexibility index (Phi) is 6.40. The predicted molar refractivity (Wildman–Crippen MR) is 110 cm³/mol. The van der Waals surface area contributed by atoms with Gasteiger partial charge in [0, 0.05) is 22.4 Å². The molecular formula is C21H24N2O3S. The molecular weight excluding hydrogens is 360 g/mol. The third-order valence-corrected chi connectivity index (χ3v) is 5.81. The van der Waals surface area contributed by atoms with Crippen LogP contribution in [0.2, 0.25) is 0 Å². The number of para-hydroxylation sites is 1. The fraction of sp³-hybridized carbons (Fsp3) is 0.333. The van der Waals surface area contributed by atoms with Gasteiger partial charge < -0.3 is 10.1 Å². The van der Waals surface area contributed by atoms with Gasteiger partial charge in [-0.2, -0.15) is 0 Å². The number of nitrogens with zero attached hydrogens (tertiary/aromatic N) is 1. The maximum atomic E-state index is 12.9. The minimum atomic E-state index is -0.248. The number of amides is 2. The van der Waals surface area contributed by atoms with Crippen LogP contribution in [0.15, 0.2) is 53.4 Å². The van der Waals surface area contributed by atoms with Gasteiger partial charge in [0.25, 0.3) is 0 Å². The molecule has 0 aromatic heterocycles. The van der Waals surface area contributed by atoms with Crippen LogP contribution in [0, 0.1) is 0 Å². The molecule has 5 nitrogen and oxygen atoms in total. The number of nitrogens with one attached hydrogen (secondary N) is 1. The van der Waals surface area contributed by atoms with E-state index in [1.807, 2.05) is 59.1 Å². The van der Waals surface area contributed by atoms with E-state index in [1.54, 1.807) is 6.92 Å². The fourth-order valence-electron chi connectivity index (χ4n) is 2.98. The predicted octanol–water partition coefficient (Wildman–Crippen LogP) is 4.72. The number of carbonyl (C=O) groups is 2. The Bertz CT molecular complexity index is 807. The molecule has 27 heavy (non-hydrogen) atoms. The molecule has 1 N–H and O–H groups in total. The van der Waals surface area contributed by atoms with Crippen LogP contribution in [-0.4, -0.2) is 30.4 Å². The lowest BCUT2D eigenvalue weighted by Crippen LogP contribution is -2.41. The molecule has 0 fully saturated rings. The number of urea groups is 1. The topological polar surface area (TPSA) is 58.6 Å². The summed E-state index contributed by atoms with van der Waals surface area (Å²) in [6.45, 7) is 4.99. The highest BCUT2D eigenvalue weighted by atomic mass is 32.2. The van der Waals surface area contributed by atoms with Crippen molar-refractivity contribution in [2.75, 3.05) is 23.4 Å². The van der Waals surface area contributed by atoms with E-state index >= 15 is 0 Å². The molecule has 1 heterocycles. The summed E-state index contributed by atoms with van der Waals surface area (Å²) in [5.41, 5.74) is 2.51. The minimum absolute atomic E-state index is 0.139. The van der Waals surface area contributed by atoms with E-state index in [9.17, 15) is 9.59 Å². The van der Waals surface area contributed by atoms with Gasteiger partial charge in [-0.3, -0.25) is 9.69 Å². The molecule has 2 aromatic carbocycles.